The first-order valence-corrected chi connectivity index (χ1v) is 4.90. The zero-order valence-corrected chi connectivity index (χ0v) is 8.83. The molecule has 18 heavy (non-hydrogen) atoms. The first kappa shape index (κ1) is 12.5. The molecule has 0 atom stereocenters. The molecular formula is C11H7F5N2. The minimum absolute atomic E-state index is 0.412. The smallest absolute Gasteiger partial charge is 0.231 e. The van der Waals surface area contributed by atoms with E-state index in [1.165, 1.54) is 12.1 Å². The summed E-state index contributed by atoms with van der Waals surface area (Å²) in [6, 6.07) is 5.44. The predicted octanol–water partition coefficient (Wildman–Crippen LogP) is 3.83. The van der Waals surface area contributed by atoms with Crippen LogP contribution in [0, 0.1) is 0 Å². The monoisotopic (exact) mass is 262 g/mol. The lowest BCUT2D eigenvalue weighted by molar-refractivity contribution is -0.137. The quantitative estimate of drug-likeness (QED) is 0.752. The highest BCUT2D eigenvalue weighted by atomic mass is 19.4. The van der Waals surface area contributed by atoms with Crippen LogP contribution in [0.2, 0.25) is 0 Å². The molecule has 0 aliphatic rings. The van der Waals surface area contributed by atoms with Crippen molar-refractivity contribution in [2.75, 3.05) is 0 Å². The minimum Gasteiger partial charge on any atom is -0.231 e. The van der Waals surface area contributed by atoms with Crippen LogP contribution in [-0.4, -0.2) is 9.78 Å². The third-order valence-corrected chi connectivity index (χ3v) is 2.33. The summed E-state index contributed by atoms with van der Waals surface area (Å²) in [4.78, 5) is 0. The topological polar surface area (TPSA) is 17.8 Å². The maximum absolute atomic E-state index is 12.7. The molecule has 7 heteroatoms. The Morgan fingerprint density at radius 1 is 1.06 bits per heavy atom. The van der Waals surface area contributed by atoms with E-state index in [9.17, 15) is 22.0 Å². The summed E-state index contributed by atoms with van der Waals surface area (Å²) < 4.78 is 64.1. The lowest BCUT2D eigenvalue weighted by atomic mass is 10.1. The van der Waals surface area contributed by atoms with E-state index in [0.717, 1.165) is 24.4 Å². The average molecular weight is 262 g/mol. The number of hydrogen-bond donors (Lipinski definition) is 0. The van der Waals surface area contributed by atoms with Crippen molar-refractivity contribution in [1.82, 2.24) is 9.78 Å². The van der Waals surface area contributed by atoms with Crippen molar-refractivity contribution in [3.05, 3.63) is 47.8 Å². The SMILES string of the molecule is FC(F)c1ccnn1-c1ccccc1C(F)(F)F. The standard InChI is InChI=1S/C11H7F5N2/c12-10(13)9-5-6-17-18(9)8-4-2-1-3-7(8)11(14,15)16/h1-6,10H. The second-order valence-corrected chi connectivity index (χ2v) is 3.48. The number of halogens is 5. The van der Waals surface area contributed by atoms with Gasteiger partial charge in [0, 0.05) is 6.20 Å². The lowest BCUT2D eigenvalue weighted by Crippen LogP contribution is -2.13. The van der Waals surface area contributed by atoms with Gasteiger partial charge < -0.3 is 0 Å². The summed E-state index contributed by atoms with van der Waals surface area (Å²) in [6.45, 7) is 0. The van der Waals surface area contributed by atoms with E-state index in [0.29, 0.717) is 4.68 Å². The van der Waals surface area contributed by atoms with Gasteiger partial charge in [0.2, 0.25) is 0 Å². The zero-order chi connectivity index (χ0) is 13.3. The normalized spacial score (nSPS) is 12.1. The molecule has 96 valence electrons. The lowest BCUT2D eigenvalue weighted by Gasteiger charge is -2.14. The molecule has 0 spiro atoms. The number of nitrogens with zero attached hydrogens (tertiary/aromatic N) is 2. The molecule has 0 saturated heterocycles. The molecule has 0 N–H and O–H groups in total. The molecule has 2 rings (SSSR count). The Balaban J connectivity index is 2.61. The highest BCUT2D eigenvalue weighted by Crippen LogP contribution is 2.34. The van der Waals surface area contributed by atoms with Gasteiger partial charge in [-0.3, -0.25) is 0 Å². The van der Waals surface area contributed by atoms with Crippen LogP contribution >= 0.6 is 0 Å². The van der Waals surface area contributed by atoms with Gasteiger partial charge in [-0.2, -0.15) is 18.3 Å². The fourth-order valence-electron chi connectivity index (χ4n) is 1.58. The number of para-hydroxylation sites is 1. The molecule has 2 aromatic rings. The molecule has 1 aromatic heterocycles. The van der Waals surface area contributed by atoms with Crippen molar-refractivity contribution in [2.45, 2.75) is 12.6 Å². The fourth-order valence-corrected chi connectivity index (χ4v) is 1.58. The van der Waals surface area contributed by atoms with Gasteiger partial charge in [-0.05, 0) is 18.2 Å². The first-order valence-electron chi connectivity index (χ1n) is 4.90. The molecule has 0 bridgehead atoms. The molecule has 0 amide bonds. The van der Waals surface area contributed by atoms with Crippen molar-refractivity contribution in [3.8, 4) is 5.69 Å². The highest BCUT2D eigenvalue weighted by molar-refractivity contribution is 5.43. The third-order valence-electron chi connectivity index (χ3n) is 2.33. The summed E-state index contributed by atoms with van der Waals surface area (Å²) in [5.74, 6) is 0. The molecule has 0 aliphatic carbocycles. The molecule has 1 aromatic carbocycles. The van der Waals surface area contributed by atoms with Gasteiger partial charge in [-0.25, -0.2) is 13.5 Å². The van der Waals surface area contributed by atoms with Gasteiger partial charge in [0.1, 0.15) is 5.69 Å². The maximum Gasteiger partial charge on any atom is 0.418 e. The van der Waals surface area contributed by atoms with Gasteiger partial charge in [0.15, 0.2) is 0 Å². The Hall–Kier alpha value is -1.92. The Bertz CT molecular complexity index is 544. The number of rotatable bonds is 2. The molecule has 0 fully saturated rings. The van der Waals surface area contributed by atoms with Crippen LogP contribution in [0.25, 0.3) is 5.69 Å². The van der Waals surface area contributed by atoms with Crippen molar-refractivity contribution in [1.29, 1.82) is 0 Å². The highest BCUT2D eigenvalue weighted by Gasteiger charge is 2.34. The van der Waals surface area contributed by atoms with Crippen LogP contribution in [0.4, 0.5) is 22.0 Å². The Morgan fingerprint density at radius 3 is 2.33 bits per heavy atom. The molecule has 1 heterocycles. The third kappa shape index (κ3) is 2.20. The number of benzene rings is 1. The minimum atomic E-state index is -4.62. The van der Waals surface area contributed by atoms with Gasteiger partial charge in [-0.1, -0.05) is 12.1 Å². The number of hydrogen-bond acceptors (Lipinski definition) is 1. The summed E-state index contributed by atoms with van der Waals surface area (Å²) in [5, 5.41) is 3.52. The first-order chi connectivity index (χ1) is 8.41. The fraction of sp³-hybridized carbons (Fsp3) is 0.182. The van der Waals surface area contributed by atoms with Crippen LogP contribution < -0.4 is 0 Å². The summed E-state index contributed by atoms with van der Waals surface area (Å²) in [6.07, 6.45) is -6.48. The van der Waals surface area contributed by atoms with Crippen molar-refractivity contribution >= 4 is 0 Å². The van der Waals surface area contributed by atoms with E-state index < -0.39 is 29.5 Å². The van der Waals surface area contributed by atoms with Gasteiger partial charge in [0.05, 0.1) is 11.3 Å². The van der Waals surface area contributed by atoms with E-state index in [-0.39, 0.29) is 0 Å². The largest absolute Gasteiger partial charge is 0.418 e. The maximum atomic E-state index is 12.7. The van der Waals surface area contributed by atoms with E-state index in [1.807, 2.05) is 0 Å². The zero-order valence-electron chi connectivity index (χ0n) is 8.83. The van der Waals surface area contributed by atoms with Crippen LogP contribution in [0.15, 0.2) is 36.5 Å². The second kappa shape index (κ2) is 4.40. The van der Waals surface area contributed by atoms with E-state index in [2.05, 4.69) is 5.10 Å². The van der Waals surface area contributed by atoms with Crippen molar-refractivity contribution < 1.29 is 22.0 Å². The predicted molar refractivity (Wildman–Crippen MR) is 53.5 cm³/mol. The Labute approximate surface area is 98.7 Å². The summed E-state index contributed by atoms with van der Waals surface area (Å²) in [5.41, 5.74) is -1.99. The van der Waals surface area contributed by atoms with Crippen molar-refractivity contribution in [2.24, 2.45) is 0 Å². The molecular weight excluding hydrogens is 255 g/mol. The summed E-state index contributed by atoms with van der Waals surface area (Å²) in [7, 11) is 0. The molecule has 0 unspecified atom stereocenters. The average Bonchev–Trinajstić information content (AvgIpc) is 2.76. The number of alkyl halides is 5. The van der Waals surface area contributed by atoms with E-state index >= 15 is 0 Å². The number of aromatic nitrogens is 2. The van der Waals surface area contributed by atoms with Gasteiger partial charge in [0.25, 0.3) is 6.43 Å². The van der Waals surface area contributed by atoms with Crippen LogP contribution in [0.1, 0.15) is 17.7 Å². The molecule has 0 radical (unpaired) electrons. The molecule has 2 nitrogen and oxygen atoms in total. The van der Waals surface area contributed by atoms with Gasteiger partial charge >= 0.3 is 6.18 Å². The van der Waals surface area contributed by atoms with Gasteiger partial charge in [-0.15, -0.1) is 0 Å². The van der Waals surface area contributed by atoms with E-state index in [4.69, 9.17) is 0 Å². The van der Waals surface area contributed by atoms with Crippen LogP contribution in [-0.2, 0) is 6.18 Å². The Morgan fingerprint density at radius 2 is 1.72 bits per heavy atom. The van der Waals surface area contributed by atoms with Crippen LogP contribution in [0.3, 0.4) is 0 Å². The molecule has 0 aliphatic heterocycles. The van der Waals surface area contributed by atoms with E-state index in [1.54, 1.807) is 0 Å². The van der Waals surface area contributed by atoms with Crippen molar-refractivity contribution in [3.63, 3.8) is 0 Å². The van der Waals surface area contributed by atoms with Crippen LogP contribution in [0.5, 0.6) is 0 Å². The molecule has 0 saturated carbocycles. The Kier molecular flexibility index (Phi) is 3.06. The second-order valence-electron chi connectivity index (χ2n) is 3.48. The summed E-state index contributed by atoms with van der Waals surface area (Å²) >= 11 is 0.